The van der Waals surface area contributed by atoms with Crippen molar-refractivity contribution in [3.05, 3.63) is 54.9 Å². The zero-order chi connectivity index (χ0) is 17.7. The Labute approximate surface area is 150 Å². The van der Waals surface area contributed by atoms with E-state index in [-0.39, 0.29) is 0 Å². The van der Waals surface area contributed by atoms with E-state index in [0.29, 0.717) is 0 Å². The molecule has 0 radical (unpaired) electrons. The summed E-state index contributed by atoms with van der Waals surface area (Å²) in [6.45, 7) is 4.88. The lowest BCUT2D eigenvalue weighted by molar-refractivity contribution is 0.936. The summed E-state index contributed by atoms with van der Waals surface area (Å²) in [5, 5.41) is 6.89. The maximum Gasteiger partial charge on any atom is 0.159 e. The molecule has 5 heterocycles. The molecular weight excluding hydrogens is 326 g/mol. The third-order valence-corrected chi connectivity index (χ3v) is 4.72. The fraction of sp³-hybridized carbons (Fsp3) is 0.158. The quantitative estimate of drug-likeness (QED) is 0.603. The van der Waals surface area contributed by atoms with E-state index in [1.807, 2.05) is 37.6 Å². The second-order valence-corrected chi connectivity index (χ2v) is 6.17. The van der Waals surface area contributed by atoms with Crippen LogP contribution >= 0.6 is 0 Å². The number of H-pyrrole nitrogens is 1. The largest absolute Gasteiger partial charge is 0.309 e. The van der Waals surface area contributed by atoms with E-state index in [4.69, 9.17) is 4.98 Å². The lowest BCUT2D eigenvalue weighted by Crippen LogP contribution is -2.20. The number of fused-ring (bicyclic) bond motifs is 5. The fourth-order valence-corrected chi connectivity index (χ4v) is 3.52. The molecule has 0 amide bonds. The van der Waals surface area contributed by atoms with Gasteiger partial charge in [-0.05, 0) is 38.1 Å². The summed E-state index contributed by atoms with van der Waals surface area (Å²) >= 11 is 0. The van der Waals surface area contributed by atoms with E-state index >= 15 is 0 Å². The Hall–Kier alpha value is -3.48. The standard InChI is InChI=1S/C19H17N7/c1-3-25-18-14(5-4-8-20-18)17-11-21-12(2)26(17)16-7-6-15(24-19(16)25)13-9-22-23-10-13/h4-11H,3H2,1-2H3,(H,22,23). The molecule has 0 atom stereocenters. The monoisotopic (exact) mass is 343 g/mol. The summed E-state index contributed by atoms with van der Waals surface area (Å²) in [6, 6.07) is 8.15. The molecule has 1 aliphatic rings. The van der Waals surface area contributed by atoms with Crippen LogP contribution in [-0.2, 0) is 0 Å². The van der Waals surface area contributed by atoms with Gasteiger partial charge in [0, 0.05) is 30.1 Å². The summed E-state index contributed by atoms with van der Waals surface area (Å²) in [7, 11) is 0. The predicted octanol–water partition coefficient (Wildman–Crippen LogP) is 3.50. The minimum atomic E-state index is 0.760. The molecule has 5 rings (SSSR count). The van der Waals surface area contributed by atoms with Crippen LogP contribution in [0.3, 0.4) is 0 Å². The van der Waals surface area contributed by atoms with E-state index in [1.165, 1.54) is 0 Å². The normalized spacial score (nSPS) is 12.3. The molecule has 0 unspecified atom stereocenters. The Bertz CT molecular complexity index is 1100. The number of hydrogen-bond donors (Lipinski definition) is 1. The maximum atomic E-state index is 4.96. The van der Waals surface area contributed by atoms with Crippen LogP contribution in [0, 0.1) is 6.92 Å². The first kappa shape index (κ1) is 14.8. The number of anilines is 2. The summed E-state index contributed by atoms with van der Waals surface area (Å²) in [5.74, 6) is 2.68. The Kier molecular flexibility index (Phi) is 3.15. The molecular formula is C19H17N7. The van der Waals surface area contributed by atoms with Gasteiger partial charge in [0.2, 0.25) is 0 Å². The van der Waals surface area contributed by atoms with Crippen LogP contribution in [-0.4, -0.2) is 36.3 Å². The molecule has 0 saturated heterocycles. The second kappa shape index (κ2) is 5.52. The van der Waals surface area contributed by atoms with Gasteiger partial charge >= 0.3 is 0 Å². The predicted molar refractivity (Wildman–Crippen MR) is 99.6 cm³/mol. The van der Waals surface area contributed by atoms with Gasteiger partial charge in [0.25, 0.3) is 0 Å². The summed E-state index contributed by atoms with van der Waals surface area (Å²) in [5.41, 5.74) is 4.91. The van der Waals surface area contributed by atoms with Gasteiger partial charge < -0.3 is 4.90 Å². The van der Waals surface area contributed by atoms with Crippen LogP contribution in [0.25, 0.3) is 28.2 Å². The highest BCUT2D eigenvalue weighted by Gasteiger charge is 2.27. The second-order valence-electron chi connectivity index (χ2n) is 6.17. The smallest absolute Gasteiger partial charge is 0.159 e. The zero-order valence-electron chi connectivity index (χ0n) is 14.5. The van der Waals surface area contributed by atoms with E-state index < -0.39 is 0 Å². The van der Waals surface area contributed by atoms with Crippen LogP contribution < -0.4 is 4.90 Å². The van der Waals surface area contributed by atoms with Crippen molar-refractivity contribution in [2.75, 3.05) is 11.4 Å². The number of nitrogens with zero attached hydrogens (tertiary/aromatic N) is 6. The van der Waals surface area contributed by atoms with Crippen molar-refractivity contribution in [2.45, 2.75) is 13.8 Å². The van der Waals surface area contributed by atoms with Gasteiger partial charge in [-0.2, -0.15) is 5.10 Å². The molecule has 7 nitrogen and oxygen atoms in total. The van der Waals surface area contributed by atoms with E-state index in [9.17, 15) is 0 Å². The third kappa shape index (κ3) is 2.00. The van der Waals surface area contributed by atoms with Crippen molar-refractivity contribution in [2.24, 2.45) is 0 Å². The molecule has 7 heteroatoms. The van der Waals surface area contributed by atoms with E-state index in [0.717, 1.165) is 52.2 Å². The number of pyridine rings is 2. The Morgan fingerprint density at radius 1 is 1.08 bits per heavy atom. The highest BCUT2D eigenvalue weighted by molar-refractivity contribution is 5.84. The van der Waals surface area contributed by atoms with Gasteiger partial charge in [-0.25, -0.2) is 15.0 Å². The molecule has 1 aliphatic heterocycles. The molecule has 0 aliphatic carbocycles. The SMILES string of the molecule is CCN1c2ncccc2-c2cnc(C)n2-c2ccc(-c3cn[nH]c3)nc21. The van der Waals surface area contributed by atoms with Crippen molar-refractivity contribution in [1.82, 2.24) is 29.7 Å². The average Bonchev–Trinajstić information content (AvgIpc) is 3.31. The molecule has 0 saturated carbocycles. The lowest BCUT2D eigenvalue weighted by atomic mass is 10.2. The lowest BCUT2D eigenvalue weighted by Gasteiger charge is -2.23. The van der Waals surface area contributed by atoms with Crippen molar-refractivity contribution < 1.29 is 0 Å². The Morgan fingerprint density at radius 3 is 2.81 bits per heavy atom. The molecule has 1 N–H and O–H groups in total. The van der Waals surface area contributed by atoms with Crippen LogP contribution in [0.2, 0.25) is 0 Å². The molecule has 0 fully saturated rings. The first-order valence-electron chi connectivity index (χ1n) is 8.55. The molecule has 0 spiro atoms. The summed E-state index contributed by atoms with van der Waals surface area (Å²) in [4.78, 5) is 16.3. The topological polar surface area (TPSA) is 75.5 Å². The number of aryl methyl sites for hydroxylation is 1. The summed E-state index contributed by atoms with van der Waals surface area (Å²) in [6.07, 6.45) is 7.35. The first-order chi connectivity index (χ1) is 12.8. The van der Waals surface area contributed by atoms with Crippen molar-refractivity contribution in [3.8, 4) is 28.2 Å². The van der Waals surface area contributed by atoms with E-state index in [2.05, 4.69) is 48.7 Å². The zero-order valence-corrected chi connectivity index (χ0v) is 14.5. The minimum absolute atomic E-state index is 0.760. The van der Waals surface area contributed by atoms with Gasteiger partial charge in [-0.3, -0.25) is 9.67 Å². The van der Waals surface area contributed by atoms with Crippen LogP contribution in [0.4, 0.5) is 11.6 Å². The van der Waals surface area contributed by atoms with Crippen LogP contribution in [0.15, 0.2) is 49.1 Å². The number of imidazole rings is 1. The van der Waals surface area contributed by atoms with Crippen molar-refractivity contribution in [1.29, 1.82) is 0 Å². The van der Waals surface area contributed by atoms with Gasteiger partial charge in [-0.1, -0.05) is 0 Å². The Balaban J connectivity index is 1.85. The molecule has 0 aromatic carbocycles. The van der Waals surface area contributed by atoms with Crippen molar-refractivity contribution in [3.63, 3.8) is 0 Å². The Morgan fingerprint density at radius 2 is 2.00 bits per heavy atom. The molecule has 0 bridgehead atoms. The van der Waals surface area contributed by atoms with Gasteiger partial charge in [0.1, 0.15) is 11.6 Å². The maximum absolute atomic E-state index is 4.96. The fourth-order valence-electron chi connectivity index (χ4n) is 3.52. The average molecular weight is 343 g/mol. The number of aromatic amines is 1. The van der Waals surface area contributed by atoms with Gasteiger partial charge in [0.05, 0.1) is 29.5 Å². The molecule has 26 heavy (non-hydrogen) atoms. The number of hydrogen-bond acceptors (Lipinski definition) is 5. The minimum Gasteiger partial charge on any atom is -0.309 e. The van der Waals surface area contributed by atoms with Gasteiger partial charge in [-0.15, -0.1) is 0 Å². The number of aromatic nitrogens is 6. The first-order valence-corrected chi connectivity index (χ1v) is 8.55. The summed E-state index contributed by atoms with van der Waals surface area (Å²) < 4.78 is 2.15. The third-order valence-electron chi connectivity index (χ3n) is 4.72. The number of rotatable bonds is 2. The van der Waals surface area contributed by atoms with Gasteiger partial charge in [0.15, 0.2) is 5.82 Å². The van der Waals surface area contributed by atoms with E-state index in [1.54, 1.807) is 6.20 Å². The highest BCUT2D eigenvalue weighted by Crippen LogP contribution is 2.41. The molecule has 4 aromatic rings. The molecule has 4 aromatic heterocycles. The van der Waals surface area contributed by atoms with Crippen molar-refractivity contribution >= 4 is 11.6 Å². The highest BCUT2D eigenvalue weighted by atomic mass is 15.3. The number of nitrogens with one attached hydrogen (secondary N) is 1. The van der Waals surface area contributed by atoms with Crippen LogP contribution in [0.5, 0.6) is 0 Å². The van der Waals surface area contributed by atoms with Crippen LogP contribution in [0.1, 0.15) is 12.7 Å². The molecule has 128 valence electrons.